The van der Waals surface area contributed by atoms with Gasteiger partial charge in [-0.2, -0.15) is 4.39 Å². The van der Waals surface area contributed by atoms with E-state index >= 15 is 0 Å². The number of aromatic nitrogens is 1. The van der Waals surface area contributed by atoms with E-state index < -0.39 is 11.8 Å². The monoisotopic (exact) mass is 317 g/mol. The lowest BCUT2D eigenvalue weighted by molar-refractivity contribution is -0.123. The second-order valence-corrected chi connectivity index (χ2v) is 5.58. The van der Waals surface area contributed by atoms with E-state index in [1.165, 1.54) is 0 Å². The van der Waals surface area contributed by atoms with E-state index in [0.29, 0.717) is 12.8 Å². The fourth-order valence-electron chi connectivity index (χ4n) is 2.82. The van der Waals surface area contributed by atoms with E-state index in [1.807, 2.05) is 30.3 Å². The van der Waals surface area contributed by atoms with Crippen LogP contribution in [0.2, 0.25) is 0 Å². The number of halogens is 2. The number of nitrogens with one attached hydrogen (secondary N) is 2. The molecule has 0 radical (unpaired) electrons. The summed E-state index contributed by atoms with van der Waals surface area (Å²) in [6.07, 6.45) is 1.93. The SMILES string of the molecule is O=C1CC[C@@H](NCc2cc(F)ncc2F)[C@H](c2ccccc2)N1. The predicted molar refractivity (Wildman–Crippen MR) is 81.3 cm³/mol. The minimum Gasteiger partial charge on any atom is -0.348 e. The van der Waals surface area contributed by atoms with Crippen molar-refractivity contribution >= 4 is 5.91 Å². The molecule has 1 amide bonds. The molecule has 3 rings (SSSR count). The van der Waals surface area contributed by atoms with Crippen LogP contribution in [0.3, 0.4) is 0 Å². The van der Waals surface area contributed by atoms with Crippen molar-refractivity contribution in [1.82, 2.24) is 15.6 Å². The molecule has 1 saturated heterocycles. The molecule has 0 aliphatic carbocycles. The van der Waals surface area contributed by atoms with E-state index in [0.717, 1.165) is 17.8 Å². The lowest BCUT2D eigenvalue weighted by Gasteiger charge is -2.33. The maximum absolute atomic E-state index is 13.7. The summed E-state index contributed by atoms with van der Waals surface area (Å²) in [5.74, 6) is -1.26. The molecule has 23 heavy (non-hydrogen) atoms. The van der Waals surface area contributed by atoms with Crippen molar-refractivity contribution in [3.05, 3.63) is 65.5 Å². The van der Waals surface area contributed by atoms with Crippen LogP contribution in [0.4, 0.5) is 8.78 Å². The molecule has 4 nitrogen and oxygen atoms in total. The van der Waals surface area contributed by atoms with Gasteiger partial charge < -0.3 is 10.6 Å². The highest BCUT2D eigenvalue weighted by atomic mass is 19.1. The van der Waals surface area contributed by atoms with Crippen LogP contribution >= 0.6 is 0 Å². The number of amides is 1. The van der Waals surface area contributed by atoms with Gasteiger partial charge in [0, 0.05) is 30.6 Å². The predicted octanol–water partition coefficient (Wildman–Crippen LogP) is 2.47. The van der Waals surface area contributed by atoms with Gasteiger partial charge in [0.2, 0.25) is 11.9 Å². The number of benzene rings is 1. The van der Waals surface area contributed by atoms with E-state index in [2.05, 4.69) is 15.6 Å². The fraction of sp³-hybridized carbons (Fsp3) is 0.294. The Morgan fingerprint density at radius 1 is 1.26 bits per heavy atom. The maximum atomic E-state index is 13.7. The Kier molecular flexibility index (Phi) is 4.62. The first kappa shape index (κ1) is 15.6. The van der Waals surface area contributed by atoms with Gasteiger partial charge in [0.1, 0.15) is 5.82 Å². The first-order chi connectivity index (χ1) is 11.1. The molecule has 6 heteroatoms. The molecule has 1 aliphatic rings. The third-order valence-electron chi connectivity index (χ3n) is 4.02. The van der Waals surface area contributed by atoms with Crippen LogP contribution in [0, 0.1) is 11.8 Å². The smallest absolute Gasteiger partial charge is 0.220 e. The molecule has 120 valence electrons. The molecule has 1 fully saturated rings. The first-order valence-electron chi connectivity index (χ1n) is 7.51. The van der Waals surface area contributed by atoms with Gasteiger partial charge in [-0.1, -0.05) is 30.3 Å². The van der Waals surface area contributed by atoms with Gasteiger partial charge in [0.05, 0.1) is 12.2 Å². The highest BCUT2D eigenvalue weighted by Crippen LogP contribution is 2.24. The summed E-state index contributed by atoms with van der Waals surface area (Å²) in [5.41, 5.74) is 1.21. The van der Waals surface area contributed by atoms with Gasteiger partial charge in [-0.15, -0.1) is 0 Å². The standard InChI is InChI=1S/C17H17F2N3O/c18-13-10-21-15(19)8-12(13)9-20-14-6-7-16(23)22-17(14)11-4-2-1-3-5-11/h1-5,8,10,14,17,20H,6-7,9H2,(H,22,23)/t14-,17+/m1/s1. The maximum Gasteiger partial charge on any atom is 0.220 e. The Morgan fingerprint density at radius 2 is 2.04 bits per heavy atom. The minimum absolute atomic E-state index is 0.00182. The van der Waals surface area contributed by atoms with Crippen LogP contribution in [0.25, 0.3) is 0 Å². The Hall–Kier alpha value is -2.34. The molecular formula is C17H17F2N3O. The third-order valence-corrected chi connectivity index (χ3v) is 4.02. The lowest BCUT2D eigenvalue weighted by atomic mass is 9.92. The zero-order valence-electron chi connectivity index (χ0n) is 12.4. The second-order valence-electron chi connectivity index (χ2n) is 5.58. The molecule has 1 aromatic carbocycles. The van der Waals surface area contributed by atoms with Gasteiger partial charge in [-0.05, 0) is 12.0 Å². The Labute approximate surface area is 132 Å². The lowest BCUT2D eigenvalue weighted by Crippen LogP contribution is -2.48. The number of hydrogen-bond donors (Lipinski definition) is 2. The average Bonchev–Trinajstić information content (AvgIpc) is 2.57. The molecule has 2 aromatic rings. The Bertz CT molecular complexity index is 693. The van der Waals surface area contributed by atoms with Crippen molar-refractivity contribution in [2.75, 3.05) is 0 Å². The summed E-state index contributed by atoms with van der Waals surface area (Å²) in [6, 6.07) is 10.5. The summed E-state index contributed by atoms with van der Waals surface area (Å²) >= 11 is 0. The number of nitrogens with zero attached hydrogens (tertiary/aromatic N) is 1. The first-order valence-corrected chi connectivity index (χ1v) is 7.51. The van der Waals surface area contributed by atoms with Crippen molar-refractivity contribution in [3.8, 4) is 0 Å². The minimum atomic E-state index is -0.709. The summed E-state index contributed by atoms with van der Waals surface area (Å²) in [5, 5.41) is 6.19. The number of carbonyl (C=O) groups excluding carboxylic acids is 1. The van der Waals surface area contributed by atoms with Gasteiger partial charge in [-0.3, -0.25) is 4.79 Å². The van der Waals surface area contributed by atoms with Crippen LogP contribution in [0.15, 0.2) is 42.6 Å². The van der Waals surface area contributed by atoms with Crippen LogP contribution < -0.4 is 10.6 Å². The number of pyridine rings is 1. The molecule has 0 spiro atoms. The zero-order valence-corrected chi connectivity index (χ0v) is 12.4. The highest BCUT2D eigenvalue weighted by molar-refractivity contribution is 5.77. The highest BCUT2D eigenvalue weighted by Gasteiger charge is 2.29. The summed E-state index contributed by atoms with van der Waals surface area (Å²) in [6.45, 7) is 0.176. The third kappa shape index (κ3) is 3.71. The summed E-state index contributed by atoms with van der Waals surface area (Å²) < 4.78 is 26.8. The van der Waals surface area contributed by atoms with Crippen molar-refractivity contribution in [3.63, 3.8) is 0 Å². The van der Waals surface area contributed by atoms with E-state index in [9.17, 15) is 13.6 Å². The summed E-state index contributed by atoms with van der Waals surface area (Å²) in [4.78, 5) is 15.0. The molecular weight excluding hydrogens is 300 g/mol. The zero-order chi connectivity index (χ0) is 16.2. The van der Waals surface area contributed by atoms with Crippen LogP contribution in [0.1, 0.15) is 30.0 Å². The average molecular weight is 317 g/mol. The largest absolute Gasteiger partial charge is 0.348 e. The molecule has 2 heterocycles. The van der Waals surface area contributed by atoms with Crippen molar-refractivity contribution in [2.45, 2.75) is 31.5 Å². The fourth-order valence-corrected chi connectivity index (χ4v) is 2.82. The van der Waals surface area contributed by atoms with E-state index in [1.54, 1.807) is 0 Å². The number of carbonyl (C=O) groups is 1. The molecule has 1 aromatic heterocycles. The van der Waals surface area contributed by atoms with Gasteiger partial charge in [-0.25, -0.2) is 9.37 Å². The number of rotatable bonds is 4. The Morgan fingerprint density at radius 3 is 2.83 bits per heavy atom. The number of hydrogen-bond acceptors (Lipinski definition) is 3. The van der Waals surface area contributed by atoms with Gasteiger partial charge >= 0.3 is 0 Å². The summed E-state index contributed by atoms with van der Waals surface area (Å²) in [7, 11) is 0. The molecule has 2 N–H and O–H groups in total. The molecule has 0 unspecified atom stereocenters. The van der Waals surface area contributed by atoms with E-state index in [4.69, 9.17) is 0 Å². The Balaban J connectivity index is 1.74. The van der Waals surface area contributed by atoms with Crippen LogP contribution in [-0.2, 0) is 11.3 Å². The quantitative estimate of drug-likeness (QED) is 0.852. The molecule has 0 bridgehead atoms. The molecule has 0 saturated carbocycles. The van der Waals surface area contributed by atoms with Crippen LogP contribution in [-0.4, -0.2) is 16.9 Å². The normalized spacial score (nSPS) is 21.0. The van der Waals surface area contributed by atoms with Crippen molar-refractivity contribution in [2.24, 2.45) is 0 Å². The van der Waals surface area contributed by atoms with Gasteiger partial charge in [0.25, 0.3) is 0 Å². The molecule has 2 atom stereocenters. The second kappa shape index (κ2) is 6.83. The molecule has 1 aliphatic heterocycles. The van der Waals surface area contributed by atoms with Crippen molar-refractivity contribution < 1.29 is 13.6 Å². The topological polar surface area (TPSA) is 54.0 Å². The van der Waals surface area contributed by atoms with Crippen LogP contribution in [0.5, 0.6) is 0 Å². The van der Waals surface area contributed by atoms with Crippen molar-refractivity contribution in [1.29, 1.82) is 0 Å². The number of piperidine rings is 1. The van der Waals surface area contributed by atoms with E-state index in [-0.39, 0.29) is 30.1 Å². The van der Waals surface area contributed by atoms with Gasteiger partial charge in [0.15, 0.2) is 0 Å².